The average molecular weight is 176 g/mol. The van der Waals surface area contributed by atoms with Crippen LogP contribution in [-0.4, -0.2) is 12.4 Å². The van der Waals surface area contributed by atoms with Gasteiger partial charge in [-0.1, -0.05) is 13.0 Å². The van der Waals surface area contributed by atoms with Crippen molar-refractivity contribution in [2.45, 2.75) is 19.8 Å². The molecule has 1 aliphatic rings. The largest absolute Gasteiger partial charge is 0.492 e. The van der Waals surface area contributed by atoms with Crippen molar-refractivity contribution in [2.24, 2.45) is 0 Å². The van der Waals surface area contributed by atoms with Crippen LogP contribution in [0.4, 0.5) is 0 Å². The average Bonchev–Trinajstić information content (AvgIpc) is 2.18. The van der Waals surface area contributed by atoms with Crippen molar-refractivity contribution in [1.29, 1.82) is 0 Å². The summed E-state index contributed by atoms with van der Waals surface area (Å²) < 4.78 is 5.37. The highest BCUT2D eigenvalue weighted by molar-refractivity contribution is 5.99. The van der Waals surface area contributed by atoms with E-state index >= 15 is 0 Å². The lowest BCUT2D eigenvalue weighted by Gasteiger charge is -2.16. The van der Waals surface area contributed by atoms with Crippen molar-refractivity contribution in [3.8, 4) is 5.75 Å². The summed E-state index contributed by atoms with van der Waals surface area (Å²) in [6.07, 6.45) is 1.47. The van der Waals surface area contributed by atoms with Gasteiger partial charge in [-0.2, -0.15) is 0 Å². The molecule has 13 heavy (non-hydrogen) atoms. The normalized spacial score (nSPS) is 15.0. The number of benzene rings is 1. The second-order valence-electron chi connectivity index (χ2n) is 3.21. The van der Waals surface area contributed by atoms with Crippen LogP contribution in [0.1, 0.15) is 29.3 Å². The van der Waals surface area contributed by atoms with Gasteiger partial charge in [0.2, 0.25) is 0 Å². The van der Waals surface area contributed by atoms with E-state index in [4.69, 9.17) is 4.74 Å². The first-order valence-corrected chi connectivity index (χ1v) is 4.60. The van der Waals surface area contributed by atoms with Crippen LogP contribution in [0.2, 0.25) is 0 Å². The third-order valence-electron chi connectivity index (χ3n) is 2.34. The summed E-state index contributed by atoms with van der Waals surface area (Å²) in [5, 5.41) is 0. The van der Waals surface area contributed by atoms with E-state index in [0.717, 1.165) is 17.7 Å². The van der Waals surface area contributed by atoms with E-state index in [1.165, 1.54) is 5.56 Å². The molecule has 1 aliphatic heterocycles. The summed E-state index contributed by atoms with van der Waals surface area (Å²) in [7, 11) is 0. The fraction of sp³-hybridized carbons (Fsp3) is 0.364. The zero-order valence-corrected chi connectivity index (χ0v) is 7.67. The maximum atomic E-state index is 11.5. The second kappa shape index (κ2) is 3.21. The summed E-state index contributed by atoms with van der Waals surface area (Å²) in [4.78, 5) is 11.5. The number of ether oxygens (including phenoxy) is 1. The zero-order chi connectivity index (χ0) is 9.26. The Hall–Kier alpha value is -1.31. The molecule has 0 atom stereocenters. The Morgan fingerprint density at radius 3 is 3.08 bits per heavy atom. The van der Waals surface area contributed by atoms with Gasteiger partial charge in [0.05, 0.1) is 12.2 Å². The molecule has 0 saturated heterocycles. The number of ketones is 1. The van der Waals surface area contributed by atoms with Crippen LogP contribution in [0.3, 0.4) is 0 Å². The minimum Gasteiger partial charge on any atom is -0.492 e. The molecule has 0 bridgehead atoms. The molecule has 0 N–H and O–H groups in total. The van der Waals surface area contributed by atoms with Gasteiger partial charge in [-0.25, -0.2) is 0 Å². The van der Waals surface area contributed by atoms with Crippen LogP contribution in [0.15, 0.2) is 18.2 Å². The monoisotopic (exact) mass is 176 g/mol. The van der Waals surface area contributed by atoms with E-state index < -0.39 is 0 Å². The lowest BCUT2D eigenvalue weighted by molar-refractivity contribution is 0.0933. The topological polar surface area (TPSA) is 26.3 Å². The first-order chi connectivity index (χ1) is 6.31. The van der Waals surface area contributed by atoms with E-state index in [1.54, 1.807) is 0 Å². The Kier molecular flexibility index (Phi) is 2.05. The van der Waals surface area contributed by atoms with Crippen molar-refractivity contribution in [2.75, 3.05) is 6.61 Å². The van der Waals surface area contributed by atoms with E-state index in [-0.39, 0.29) is 5.78 Å². The first-order valence-electron chi connectivity index (χ1n) is 4.60. The lowest BCUT2D eigenvalue weighted by atomic mass is 10.0. The molecule has 0 saturated carbocycles. The van der Waals surface area contributed by atoms with Gasteiger partial charge in [0.1, 0.15) is 5.75 Å². The number of rotatable bonds is 1. The summed E-state index contributed by atoms with van der Waals surface area (Å²) in [5.74, 6) is 0.949. The summed E-state index contributed by atoms with van der Waals surface area (Å²) in [6, 6.07) is 5.85. The summed E-state index contributed by atoms with van der Waals surface area (Å²) >= 11 is 0. The second-order valence-corrected chi connectivity index (χ2v) is 3.21. The van der Waals surface area contributed by atoms with E-state index in [9.17, 15) is 4.79 Å². The fourth-order valence-electron chi connectivity index (χ4n) is 1.53. The molecular formula is C11H12O2. The smallest absolute Gasteiger partial charge is 0.170 e. The Morgan fingerprint density at radius 2 is 2.31 bits per heavy atom. The van der Waals surface area contributed by atoms with Crippen molar-refractivity contribution in [3.63, 3.8) is 0 Å². The molecule has 1 heterocycles. The molecule has 68 valence electrons. The molecule has 2 heteroatoms. The Labute approximate surface area is 77.5 Å². The minimum absolute atomic E-state index is 0.205. The predicted molar refractivity (Wildman–Crippen MR) is 50.3 cm³/mol. The highest BCUT2D eigenvalue weighted by Crippen LogP contribution is 2.25. The van der Waals surface area contributed by atoms with Crippen LogP contribution >= 0.6 is 0 Å². The van der Waals surface area contributed by atoms with Gasteiger partial charge in [0, 0.05) is 6.42 Å². The number of hydrogen-bond donors (Lipinski definition) is 0. The van der Waals surface area contributed by atoms with Gasteiger partial charge in [-0.3, -0.25) is 4.79 Å². The SMILES string of the molecule is CCc1ccc2c(c1)C(=O)CCO2. The van der Waals surface area contributed by atoms with Gasteiger partial charge in [-0.05, 0) is 24.1 Å². The van der Waals surface area contributed by atoms with Gasteiger partial charge >= 0.3 is 0 Å². The lowest BCUT2D eigenvalue weighted by Crippen LogP contribution is -2.15. The number of aryl methyl sites for hydroxylation is 1. The number of carbonyl (C=O) groups is 1. The van der Waals surface area contributed by atoms with Crippen molar-refractivity contribution >= 4 is 5.78 Å². The van der Waals surface area contributed by atoms with Crippen molar-refractivity contribution in [1.82, 2.24) is 0 Å². The number of carbonyl (C=O) groups excluding carboxylic acids is 1. The van der Waals surface area contributed by atoms with Gasteiger partial charge in [-0.15, -0.1) is 0 Å². The van der Waals surface area contributed by atoms with E-state index in [1.807, 2.05) is 18.2 Å². The maximum Gasteiger partial charge on any atom is 0.170 e. The Bertz CT molecular complexity index is 342. The molecule has 0 aliphatic carbocycles. The molecule has 1 aromatic rings. The maximum absolute atomic E-state index is 11.5. The molecule has 0 fully saturated rings. The standard InChI is InChI=1S/C11H12O2/c1-2-8-3-4-11-9(7-8)10(12)5-6-13-11/h3-4,7H,2,5-6H2,1H3. The minimum atomic E-state index is 0.205. The van der Waals surface area contributed by atoms with Crippen LogP contribution < -0.4 is 4.74 Å². The van der Waals surface area contributed by atoms with Crippen molar-refractivity contribution in [3.05, 3.63) is 29.3 Å². The Balaban J connectivity index is 2.47. The van der Waals surface area contributed by atoms with Crippen LogP contribution in [0.5, 0.6) is 5.75 Å². The van der Waals surface area contributed by atoms with Crippen LogP contribution in [0, 0.1) is 0 Å². The molecule has 0 unspecified atom stereocenters. The van der Waals surface area contributed by atoms with E-state index in [0.29, 0.717) is 13.0 Å². The van der Waals surface area contributed by atoms with Gasteiger partial charge < -0.3 is 4.74 Å². The summed E-state index contributed by atoms with van der Waals surface area (Å²) in [6.45, 7) is 2.60. The zero-order valence-electron chi connectivity index (χ0n) is 7.67. The molecule has 1 aromatic carbocycles. The molecular weight excluding hydrogens is 164 g/mol. The first kappa shape index (κ1) is 8.30. The van der Waals surface area contributed by atoms with Gasteiger partial charge in [0.25, 0.3) is 0 Å². The number of Topliss-reactive ketones (excluding diaryl/α,β-unsaturated/α-hetero) is 1. The third-order valence-corrected chi connectivity index (χ3v) is 2.34. The fourth-order valence-corrected chi connectivity index (χ4v) is 1.53. The number of hydrogen-bond acceptors (Lipinski definition) is 2. The molecule has 2 rings (SSSR count). The number of fused-ring (bicyclic) bond motifs is 1. The highest BCUT2D eigenvalue weighted by atomic mass is 16.5. The third kappa shape index (κ3) is 1.44. The highest BCUT2D eigenvalue weighted by Gasteiger charge is 2.17. The Morgan fingerprint density at radius 1 is 1.46 bits per heavy atom. The van der Waals surface area contributed by atoms with Crippen LogP contribution in [-0.2, 0) is 6.42 Å². The van der Waals surface area contributed by atoms with E-state index in [2.05, 4.69) is 6.92 Å². The van der Waals surface area contributed by atoms with Crippen molar-refractivity contribution < 1.29 is 9.53 Å². The molecule has 0 spiro atoms. The van der Waals surface area contributed by atoms with Gasteiger partial charge in [0.15, 0.2) is 5.78 Å². The molecule has 0 radical (unpaired) electrons. The predicted octanol–water partition coefficient (Wildman–Crippen LogP) is 2.21. The molecule has 0 amide bonds. The quantitative estimate of drug-likeness (QED) is 0.655. The molecule has 2 nitrogen and oxygen atoms in total. The summed E-state index contributed by atoms with van der Waals surface area (Å²) in [5.41, 5.74) is 1.95. The molecule has 0 aromatic heterocycles. The van der Waals surface area contributed by atoms with Crippen LogP contribution in [0.25, 0.3) is 0 Å².